The van der Waals surface area contributed by atoms with Crippen LogP contribution < -0.4 is 0 Å². The van der Waals surface area contributed by atoms with Crippen molar-refractivity contribution in [3.63, 3.8) is 0 Å². The smallest absolute Gasteiger partial charge is 0.111 e. The maximum absolute atomic E-state index is 10.9. The third-order valence-corrected chi connectivity index (χ3v) is 4.31. The Bertz CT molecular complexity index is 402. The molecule has 1 unspecified atom stereocenters. The predicted octanol–water partition coefficient (Wildman–Crippen LogP) is 2.07. The molecular weight excluding hydrogens is 238 g/mol. The quantitative estimate of drug-likeness (QED) is 0.906. The monoisotopic (exact) mass is 265 g/mol. The number of likely N-dealkylation sites (tertiary alicyclic amines) is 1. The van der Waals surface area contributed by atoms with Gasteiger partial charge in [-0.3, -0.25) is 0 Å². The van der Waals surface area contributed by atoms with Crippen LogP contribution in [0.5, 0.6) is 0 Å². The molecule has 1 aliphatic heterocycles. The molecule has 2 rings (SSSR count). The summed E-state index contributed by atoms with van der Waals surface area (Å²) < 4.78 is 2.13. The lowest BCUT2D eigenvalue weighted by Gasteiger charge is -2.28. The molecule has 108 valence electrons. The van der Waals surface area contributed by atoms with Gasteiger partial charge in [-0.05, 0) is 46.6 Å². The van der Waals surface area contributed by atoms with Crippen molar-refractivity contribution in [3.8, 4) is 0 Å². The second kappa shape index (κ2) is 6.06. The van der Waals surface area contributed by atoms with Crippen LogP contribution >= 0.6 is 0 Å². The first-order chi connectivity index (χ1) is 9.04. The van der Waals surface area contributed by atoms with Gasteiger partial charge in [-0.2, -0.15) is 0 Å². The second-order valence-electron chi connectivity index (χ2n) is 6.01. The zero-order valence-electron chi connectivity index (χ0n) is 12.5. The van der Waals surface area contributed by atoms with Crippen molar-refractivity contribution >= 4 is 0 Å². The molecule has 0 spiro atoms. The number of imidazole rings is 1. The standard InChI is InChI=1S/C15H27N3O/c1-4-17-11-8-16-14(17)12-15(19)6-5-9-18(10-7-15)13(2)3/h8,11,13,19H,4-7,9-10,12H2,1-3H3. The highest BCUT2D eigenvalue weighted by Gasteiger charge is 2.32. The molecule has 0 radical (unpaired) electrons. The molecular formula is C15H27N3O. The van der Waals surface area contributed by atoms with E-state index in [9.17, 15) is 5.11 Å². The van der Waals surface area contributed by atoms with Crippen molar-refractivity contribution in [2.24, 2.45) is 0 Å². The number of nitrogens with zero attached hydrogens (tertiary/aromatic N) is 3. The Balaban J connectivity index is 2.02. The Kier molecular flexibility index (Phi) is 4.63. The van der Waals surface area contributed by atoms with E-state index in [0.717, 1.165) is 44.7 Å². The molecule has 1 aromatic rings. The average molecular weight is 265 g/mol. The molecule has 0 aliphatic carbocycles. The fourth-order valence-corrected chi connectivity index (χ4v) is 2.98. The largest absolute Gasteiger partial charge is 0.389 e. The molecule has 1 N–H and O–H groups in total. The number of hydrogen-bond acceptors (Lipinski definition) is 3. The maximum Gasteiger partial charge on any atom is 0.111 e. The fraction of sp³-hybridized carbons (Fsp3) is 0.800. The number of hydrogen-bond donors (Lipinski definition) is 1. The molecule has 0 amide bonds. The van der Waals surface area contributed by atoms with Crippen LogP contribution in [-0.2, 0) is 13.0 Å². The number of rotatable bonds is 4. The van der Waals surface area contributed by atoms with Crippen LogP contribution in [-0.4, -0.2) is 44.3 Å². The summed E-state index contributed by atoms with van der Waals surface area (Å²) in [6.45, 7) is 9.58. The van der Waals surface area contributed by atoms with Gasteiger partial charge in [0.05, 0.1) is 5.60 Å². The van der Waals surface area contributed by atoms with Crippen LogP contribution in [0.15, 0.2) is 12.4 Å². The topological polar surface area (TPSA) is 41.3 Å². The normalized spacial score (nSPS) is 25.7. The lowest BCUT2D eigenvalue weighted by atomic mass is 9.91. The first-order valence-corrected chi connectivity index (χ1v) is 7.50. The van der Waals surface area contributed by atoms with Gasteiger partial charge in [0.2, 0.25) is 0 Å². The Labute approximate surface area is 116 Å². The van der Waals surface area contributed by atoms with Crippen molar-refractivity contribution < 1.29 is 5.11 Å². The maximum atomic E-state index is 10.9. The first-order valence-electron chi connectivity index (χ1n) is 7.50. The summed E-state index contributed by atoms with van der Waals surface area (Å²) in [6, 6.07) is 0.569. The molecule has 0 bridgehead atoms. The molecule has 1 aliphatic rings. The highest BCUT2D eigenvalue weighted by atomic mass is 16.3. The van der Waals surface area contributed by atoms with E-state index >= 15 is 0 Å². The number of aliphatic hydroxyl groups is 1. The van der Waals surface area contributed by atoms with Crippen LogP contribution in [0.4, 0.5) is 0 Å². The van der Waals surface area contributed by atoms with E-state index in [1.165, 1.54) is 0 Å². The third kappa shape index (κ3) is 3.57. The summed E-state index contributed by atoms with van der Waals surface area (Å²) in [6.07, 6.45) is 7.31. The summed E-state index contributed by atoms with van der Waals surface area (Å²) in [5, 5.41) is 10.9. The summed E-state index contributed by atoms with van der Waals surface area (Å²) in [5.74, 6) is 1.02. The van der Waals surface area contributed by atoms with Crippen molar-refractivity contribution in [1.82, 2.24) is 14.5 Å². The predicted molar refractivity (Wildman–Crippen MR) is 77.1 cm³/mol. The minimum absolute atomic E-state index is 0.569. The van der Waals surface area contributed by atoms with Gasteiger partial charge in [0.1, 0.15) is 5.82 Å². The van der Waals surface area contributed by atoms with Gasteiger partial charge in [-0.1, -0.05) is 0 Å². The van der Waals surface area contributed by atoms with Gasteiger partial charge in [0, 0.05) is 37.9 Å². The summed E-state index contributed by atoms with van der Waals surface area (Å²) >= 11 is 0. The van der Waals surface area contributed by atoms with E-state index in [1.807, 2.05) is 12.4 Å². The zero-order valence-corrected chi connectivity index (χ0v) is 12.5. The first kappa shape index (κ1) is 14.5. The molecule has 1 aromatic heterocycles. The van der Waals surface area contributed by atoms with Gasteiger partial charge in [-0.15, -0.1) is 0 Å². The minimum atomic E-state index is -0.581. The van der Waals surface area contributed by atoms with Crippen molar-refractivity contribution in [2.75, 3.05) is 13.1 Å². The summed E-state index contributed by atoms with van der Waals surface area (Å²) in [4.78, 5) is 6.86. The van der Waals surface area contributed by atoms with Crippen LogP contribution in [0, 0.1) is 0 Å². The van der Waals surface area contributed by atoms with Crippen LogP contribution in [0.1, 0.15) is 45.9 Å². The van der Waals surface area contributed by atoms with E-state index < -0.39 is 5.60 Å². The molecule has 1 saturated heterocycles. The van der Waals surface area contributed by atoms with Crippen LogP contribution in [0.3, 0.4) is 0 Å². The van der Waals surface area contributed by atoms with Crippen molar-refractivity contribution in [3.05, 3.63) is 18.2 Å². The molecule has 1 fully saturated rings. The molecule has 4 nitrogen and oxygen atoms in total. The zero-order chi connectivity index (χ0) is 13.9. The fourth-order valence-electron chi connectivity index (χ4n) is 2.98. The van der Waals surface area contributed by atoms with Gasteiger partial charge >= 0.3 is 0 Å². The molecule has 0 aromatic carbocycles. The van der Waals surface area contributed by atoms with Crippen molar-refractivity contribution in [2.45, 2.75) is 64.6 Å². The third-order valence-electron chi connectivity index (χ3n) is 4.31. The minimum Gasteiger partial charge on any atom is -0.389 e. The van der Waals surface area contributed by atoms with Crippen LogP contribution in [0.2, 0.25) is 0 Å². The van der Waals surface area contributed by atoms with Crippen LogP contribution in [0.25, 0.3) is 0 Å². The molecule has 1 atom stereocenters. The Hall–Kier alpha value is -0.870. The van der Waals surface area contributed by atoms with E-state index in [4.69, 9.17) is 0 Å². The van der Waals surface area contributed by atoms with Gasteiger partial charge in [0.25, 0.3) is 0 Å². The summed E-state index contributed by atoms with van der Waals surface area (Å²) in [7, 11) is 0. The van der Waals surface area contributed by atoms with Gasteiger partial charge in [-0.25, -0.2) is 4.98 Å². The van der Waals surface area contributed by atoms with E-state index in [0.29, 0.717) is 12.5 Å². The Morgan fingerprint density at radius 1 is 1.37 bits per heavy atom. The lowest BCUT2D eigenvalue weighted by Crippen LogP contribution is -2.36. The SMILES string of the molecule is CCn1ccnc1CC1(O)CCCN(C(C)C)CC1. The lowest BCUT2D eigenvalue weighted by molar-refractivity contribution is 0.0223. The summed E-state index contributed by atoms with van der Waals surface area (Å²) in [5.41, 5.74) is -0.581. The van der Waals surface area contributed by atoms with Gasteiger partial charge < -0.3 is 14.6 Å². The van der Waals surface area contributed by atoms with E-state index in [2.05, 4.69) is 35.2 Å². The number of aromatic nitrogens is 2. The Morgan fingerprint density at radius 2 is 2.16 bits per heavy atom. The molecule has 2 heterocycles. The number of aryl methyl sites for hydroxylation is 1. The highest BCUT2D eigenvalue weighted by Crippen LogP contribution is 2.26. The van der Waals surface area contributed by atoms with Crippen molar-refractivity contribution in [1.29, 1.82) is 0 Å². The Morgan fingerprint density at radius 3 is 2.84 bits per heavy atom. The van der Waals surface area contributed by atoms with E-state index in [-0.39, 0.29) is 0 Å². The second-order valence-corrected chi connectivity index (χ2v) is 6.01. The molecule has 4 heteroatoms. The molecule has 0 saturated carbocycles. The van der Waals surface area contributed by atoms with Gasteiger partial charge in [0.15, 0.2) is 0 Å². The van der Waals surface area contributed by atoms with E-state index in [1.54, 1.807) is 0 Å². The highest BCUT2D eigenvalue weighted by molar-refractivity contribution is 5.00. The average Bonchev–Trinajstić information content (AvgIpc) is 2.70. The molecule has 19 heavy (non-hydrogen) atoms.